The lowest BCUT2D eigenvalue weighted by molar-refractivity contribution is 0.0947. The highest BCUT2D eigenvalue weighted by Gasteiger charge is 2.10. The molecule has 0 aliphatic rings. The summed E-state index contributed by atoms with van der Waals surface area (Å²) < 4.78 is 0. The molecule has 4 heteroatoms. The first-order valence-electron chi connectivity index (χ1n) is 5.03. The van der Waals surface area contributed by atoms with Crippen LogP contribution in [0, 0.1) is 5.92 Å². The van der Waals surface area contributed by atoms with E-state index in [0.29, 0.717) is 18.0 Å². The third-order valence-corrected chi connectivity index (χ3v) is 2.61. The van der Waals surface area contributed by atoms with Gasteiger partial charge in [0, 0.05) is 12.7 Å². The molecule has 0 bridgehead atoms. The molecule has 1 atom stereocenters. The second-order valence-electron chi connectivity index (χ2n) is 3.57. The van der Waals surface area contributed by atoms with E-state index in [0.717, 1.165) is 6.42 Å². The molecule has 1 heterocycles. The predicted molar refractivity (Wildman–Crippen MR) is 61.0 cm³/mol. The summed E-state index contributed by atoms with van der Waals surface area (Å²) >= 11 is 5.80. The molecule has 1 rings (SSSR count). The van der Waals surface area contributed by atoms with Gasteiger partial charge in [0.05, 0.1) is 5.56 Å². The molecular weight excluding hydrogens is 212 g/mol. The summed E-state index contributed by atoms with van der Waals surface area (Å²) in [4.78, 5) is 15.5. The summed E-state index contributed by atoms with van der Waals surface area (Å²) in [5.41, 5.74) is 0.433. The first-order valence-corrected chi connectivity index (χ1v) is 5.41. The number of amides is 1. The van der Waals surface area contributed by atoms with Crippen LogP contribution < -0.4 is 5.32 Å². The van der Waals surface area contributed by atoms with Crippen LogP contribution >= 0.6 is 11.6 Å². The Morgan fingerprint density at radius 2 is 2.40 bits per heavy atom. The lowest BCUT2D eigenvalue weighted by Crippen LogP contribution is -2.28. The van der Waals surface area contributed by atoms with Crippen molar-refractivity contribution >= 4 is 17.5 Å². The second-order valence-corrected chi connectivity index (χ2v) is 3.92. The Labute approximate surface area is 94.9 Å². The second kappa shape index (κ2) is 5.71. The first kappa shape index (κ1) is 12.0. The summed E-state index contributed by atoms with van der Waals surface area (Å²) in [5.74, 6) is 0.317. The minimum absolute atomic E-state index is 0.159. The Hall–Kier alpha value is -1.09. The Bertz CT molecular complexity index is 341. The van der Waals surface area contributed by atoms with E-state index in [1.54, 1.807) is 18.3 Å². The van der Waals surface area contributed by atoms with Gasteiger partial charge in [-0.3, -0.25) is 4.79 Å². The third-order valence-electron chi connectivity index (χ3n) is 2.31. The maximum Gasteiger partial charge on any atom is 0.254 e. The van der Waals surface area contributed by atoms with Crippen molar-refractivity contribution in [3.63, 3.8) is 0 Å². The number of pyridine rings is 1. The Morgan fingerprint density at radius 3 is 3.00 bits per heavy atom. The van der Waals surface area contributed by atoms with Crippen molar-refractivity contribution in [1.29, 1.82) is 0 Å². The quantitative estimate of drug-likeness (QED) is 0.802. The number of halogens is 1. The Kier molecular flexibility index (Phi) is 4.56. The van der Waals surface area contributed by atoms with Crippen molar-refractivity contribution in [3.05, 3.63) is 29.0 Å². The van der Waals surface area contributed by atoms with Crippen LogP contribution in [0.2, 0.25) is 5.15 Å². The molecule has 1 amide bonds. The molecule has 0 radical (unpaired) electrons. The van der Waals surface area contributed by atoms with Gasteiger partial charge in [-0.15, -0.1) is 0 Å². The smallest absolute Gasteiger partial charge is 0.254 e. The van der Waals surface area contributed by atoms with E-state index in [1.807, 2.05) is 0 Å². The average molecular weight is 227 g/mol. The van der Waals surface area contributed by atoms with Crippen LogP contribution in [0.25, 0.3) is 0 Å². The third kappa shape index (κ3) is 3.51. The van der Waals surface area contributed by atoms with Crippen LogP contribution in [-0.2, 0) is 0 Å². The molecule has 0 fully saturated rings. The van der Waals surface area contributed by atoms with Crippen LogP contribution in [0.1, 0.15) is 30.6 Å². The zero-order chi connectivity index (χ0) is 11.3. The van der Waals surface area contributed by atoms with Gasteiger partial charge in [-0.25, -0.2) is 4.98 Å². The summed E-state index contributed by atoms with van der Waals surface area (Å²) in [5, 5.41) is 3.08. The van der Waals surface area contributed by atoms with Gasteiger partial charge in [0.2, 0.25) is 0 Å². The van der Waals surface area contributed by atoms with E-state index in [-0.39, 0.29) is 11.1 Å². The van der Waals surface area contributed by atoms with Gasteiger partial charge in [0.25, 0.3) is 5.91 Å². The van der Waals surface area contributed by atoms with Crippen molar-refractivity contribution < 1.29 is 4.79 Å². The topological polar surface area (TPSA) is 42.0 Å². The minimum Gasteiger partial charge on any atom is -0.352 e. The van der Waals surface area contributed by atoms with Crippen LogP contribution in [0.3, 0.4) is 0 Å². The summed E-state index contributed by atoms with van der Waals surface area (Å²) in [6, 6.07) is 3.37. The van der Waals surface area contributed by atoms with Crippen molar-refractivity contribution in [2.75, 3.05) is 6.54 Å². The van der Waals surface area contributed by atoms with Gasteiger partial charge in [-0.05, 0) is 18.1 Å². The van der Waals surface area contributed by atoms with E-state index in [1.165, 1.54) is 0 Å². The SMILES string of the molecule is CCC(C)CNC(=O)c1cccnc1Cl. The number of hydrogen-bond donors (Lipinski definition) is 1. The molecule has 0 spiro atoms. The maximum atomic E-state index is 11.7. The molecule has 1 N–H and O–H groups in total. The van der Waals surface area contributed by atoms with Crippen molar-refractivity contribution in [2.24, 2.45) is 5.92 Å². The lowest BCUT2D eigenvalue weighted by atomic mass is 10.1. The average Bonchev–Trinajstić information content (AvgIpc) is 2.26. The summed E-state index contributed by atoms with van der Waals surface area (Å²) in [6.45, 7) is 4.85. The van der Waals surface area contributed by atoms with Crippen LogP contribution in [0.15, 0.2) is 18.3 Å². The van der Waals surface area contributed by atoms with E-state index in [4.69, 9.17) is 11.6 Å². The van der Waals surface area contributed by atoms with Gasteiger partial charge >= 0.3 is 0 Å². The highest BCUT2D eigenvalue weighted by molar-refractivity contribution is 6.32. The summed E-state index contributed by atoms with van der Waals surface area (Å²) in [7, 11) is 0. The molecule has 1 unspecified atom stereocenters. The highest BCUT2D eigenvalue weighted by Crippen LogP contribution is 2.11. The number of nitrogens with one attached hydrogen (secondary N) is 1. The van der Waals surface area contributed by atoms with Crippen LogP contribution in [0.4, 0.5) is 0 Å². The Balaban J connectivity index is 2.58. The number of rotatable bonds is 4. The van der Waals surface area contributed by atoms with E-state index >= 15 is 0 Å². The fourth-order valence-corrected chi connectivity index (χ4v) is 1.27. The van der Waals surface area contributed by atoms with E-state index in [2.05, 4.69) is 24.1 Å². The normalized spacial score (nSPS) is 12.2. The molecule has 0 saturated heterocycles. The minimum atomic E-state index is -0.159. The van der Waals surface area contributed by atoms with Crippen LogP contribution in [-0.4, -0.2) is 17.4 Å². The molecule has 0 aliphatic carbocycles. The molecule has 3 nitrogen and oxygen atoms in total. The van der Waals surface area contributed by atoms with Gasteiger partial charge < -0.3 is 5.32 Å². The zero-order valence-electron chi connectivity index (χ0n) is 8.96. The fourth-order valence-electron chi connectivity index (χ4n) is 1.06. The number of aromatic nitrogens is 1. The first-order chi connectivity index (χ1) is 7.15. The standard InChI is InChI=1S/C11H15ClN2O/c1-3-8(2)7-14-11(15)9-5-4-6-13-10(9)12/h4-6,8H,3,7H2,1-2H3,(H,14,15). The monoisotopic (exact) mass is 226 g/mol. The molecule has 15 heavy (non-hydrogen) atoms. The van der Waals surface area contributed by atoms with Crippen LogP contribution in [0.5, 0.6) is 0 Å². The Morgan fingerprint density at radius 1 is 1.67 bits per heavy atom. The molecule has 0 saturated carbocycles. The van der Waals surface area contributed by atoms with Crippen molar-refractivity contribution in [2.45, 2.75) is 20.3 Å². The fraction of sp³-hybridized carbons (Fsp3) is 0.455. The molecule has 82 valence electrons. The number of carbonyl (C=O) groups is 1. The molecule has 1 aromatic heterocycles. The maximum absolute atomic E-state index is 11.7. The summed E-state index contributed by atoms with van der Waals surface area (Å²) in [6.07, 6.45) is 2.61. The molecular formula is C11H15ClN2O. The number of hydrogen-bond acceptors (Lipinski definition) is 2. The number of nitrogens with zero attached hydrogens (tertiary/aromatic N) is 1. The molecule has 0 aromatic carbocycles. The molecule has 1 aromatic rings. The predicted octanol–water partition coefficient (Wildman–Crippen LogP) is 2.51. The van der Waals surface area contributed by atoms with Crippen molar-refractivity contribution in [1.82, 2.24) is 10.3 Å². The molecule has 0 aliphatic heterocycles. The van der Waals surface area contributed by atoms with Gasteiger partial charge in [-0.1, -0.05) is 31.9 Å². The van der Waals surface area contributed by atoms with E-state index < -0.39 is 0 Å². The van der Waals surface area contributed by atoms with Gasteiger partial charge in [0.1, 0.15) is 5.15 Å². The lowest BCUT2D eigenvalue weighted by Gasteiger charge is -2.10. The largest absolute Gasteiger partial charge is 0.352 e. The highest BCUT2D eigenvalue weighted by atomic mass is 35.5. The number of carbonyl (C=O) groups excluding carboxylic acids is 1. The van der Waals surface area contributed by atoms with Crippen molar-refractivity contribution in [3.8, 4) is 0 Å². The zero-order valence-corrected chi connectivity index (χ0v) is 9.71. The van der Waals surface area contributed by atoms with Gasteiger partial charge in [0.15, 0.2) is 0 Å². The van der Waals surface area contributed by atoms with E-state index in [9.17, 15) is 4.79 Å². The van der Waals surface area contributed by atoms with Gasteiger partial charge in [-0.2, -0.15) is 0 Å².